The fraction of sp³-hybridized carbons (Fsp3) is 0.263. The zero-order chi connectivity index (χ0) is 17.6. The maximum Gasteiger partial charge on any atom is 0.319 e. The van der Waals surface area contributed by atoms with Crippen LogP contribution in [0, 0.1) is 5.82 Å². The SMILES string of the molecule is O=C(Nc1ccc(F)cc1)NC1CCN(C(=O)Cc2ccccc2)C1. The molecule has 2 aromatic rings. The van der Waals surface area contributed by atoms with Crippen molar-refractivity contribution >= 4 is 17.6 Å². The van der Waals surface area contributed by atoms with Gasteiger partial charge in [-0.3, -0.25) is 4.79 Å². The number of nitrogens with zero attached hydrogens (tertiary/aromatic N) is 1. The van der Waals surface area contributed by atoms with Crippen LogP contribution in [0.2, 0.25) is 0 Å². The van der Waals surface area contributed by atoms with Crippen LogP contribution in [0.3, 0.4) is 0 Å². The highest BCUT2D eigenvalue weighted by atomic mass is 19.1. The van der Waals surface area contributed by atoms with E-state index in [-0.39, 0.29) is 23.8 Å². The van der Waals surface area contributed by atoms with E-state index < -0.39 is 0 Å². The van der Waals surface area contributed by atoms with E-state index in [4.69, 9.17) is 0 Å². The van der Waals surface area contributed by atoms with Crippen LogP contribution in [0.15, 0.2) is 54.6 Å². The van der Waals surface area contributed by atoms with Gasteiger partial charge in [0.2, 0.25) is 5.91 Å². The number of benzene rings is 2. The molecule has 1 aliphatic rings. The molecular formula is C19H20FN3O2. The van der Waals surface area contributed by atoms with Crippen LogP contribution in [-0.2, 0) is 11.2 Å². The zero-order valence-electron chi connectivity index (χ0n) is 13.7. The molecule has 2 N–H and O–H groups in total. The van der Waals surface area contributed by atoms with E-state index in [1.807, 2.05) is 30.3 Å². The molecule has 1 atom stereocenters. The highest BCUT2D eigenvalue weighted by Crippen LogP contribution is 2.13. The minimum absolute atomic E-state index is 0.0643. The molecule has 2 aromatic carbocycles. The third kappa shape index (κ3) is 4.79. The topological polar surface area (TPSA) is 61.4 Å². The van der Waals surface area contributed by atoms with E-state index in [2.05, 4.69) is 10.6 Å². The van der Waals surface area contributed by atoms with Crippen molar-refractivity contribution in [2.45, 2.75) is 18.9 Å². The van der Waals surface area contributed by atoms with Gasteiger partial charge in [0.05, 0.1) is 6.42 Å². The van der Waals surface area contributed by atoms with E-state index >= 15 is 0 Å². The number of carbonyl (C=O) groups excluding carboxylic acids is 2. The van der Waals surface area contributed by atoms with Crippen LogP contribution in [0.1, 0.15) is 12.0 Å². The van der Waals surface area contributed by atoms with Crippen LogP contribution in [0.25, 0.3) is 0 Å². The summed E-state index contributed by atoms with van der Waals surface area (Å²) < 4.78 is 12.9. The number of hydrogen-bond acceptors (Lipinski definition) is 2. The van der Waals surface area contributed by atoms with Crippen molar-refractivity contribution < 1.29 is 14.0 Å². The number of halogens is 1. The molecule has 5 nitrogen and oxygen atoms in total. The number of carbonyl (C=O) groups is 2. The lowest BCUT2D eigenvalue weighted by Gasteiger charge is -2.17. The van der Waals surface area contributed by atoms with Crippen molar-refractivity contribution in [2.75, 3.05) is 18.4 Å². The maximum absolute atomic E-state index is 12.9. The summed E-state index contributed by atoms with van der Waals surface area (Å²) in [7, 11) is 0. The highest BCUT2D eigenvalue weighted by molar-refractivity contribution is 5.89. The Labute approximate surface area is 145 Å². The molecule has 0 radical (unpaired) electrons. The van der Waals surface area contributed by atoms with Crippen molar-refractivity contribution in [3.63, 3.8) is 0 Å². The molecule has 0 aliphatic carbocycles. The van der Waals surface area contributed by atoms with Gasteiger partial charge in [0.1, 0.15) is 5.82 Å². The second-order valence-electron chi connectivity index (χ2n) is 6.09. The summed E-state index contributed by atoms with van der Waals surface area (Å²) in [6, 6.07) is 14.7. The summed E-state index contributed by atoms with van der Waals surface area (Å²) in [6.07, 6.45) is 1.09. The Morgan fingerprint density at radius 3 is 2.52 bits per heavy atom. The van der Waals surface area contributed by atoms with E-state index in [9.17, 15) is 14.0 Å². The normalized spacial score (nSPS) is 16.5. The summed E-state index contributed by atoms with van der Waals surface area (Å²) >= 11 is 0. The third-order valence-electron chi connectivity index (χ3n) is 4.18. The number of urea groups is 1. The highest BCUT2D eigenvalue weighted by Gasteiger charge is 2.27. The Morgan fingerprint density at radius 2 is 1.80 bits per heavy atom. The van der Waals surface area contributed by atoms with Gasteiger partial charge < -0.3 is 15.5 Å². The fourth-order valence-electron chi connectivity index (χ4n) is 2.87. The molecule has 0 spiro atoms. The first-order chi connectivity index (χ1) is 12.1. The van der Waals surface area contributed by atoms with E-state index in [0.29, 0.717) is 25.2 Å². The lowest BCUT2D eigenvalue weighted by molar-refractivity contribution is -0.129. The lowest BCUT2D eigenvalue weighted by atomic mass is 10.1. The van der Waals surface area contributed by atoms with Crippen molar-refractivity contribution in [1.82, 2.24) is 10.2 Å². The summed E-state index contributed by atoms with van der Waals surface area (Å²) in [4.78, 5) is 26.1. The molecule has 1 saturated heterocycles. The van der Waals surface area contributed by atoms with Crippen molar-refractivity contribution in [3.8, 4) is 0 Å². The molecule has 1 heterocycles. The van der Waals surface area contributed by atoms with Gasteiger partial charge in [-0.25, -0.2) is 9.18 Å². The Balaban J connectivity index is 1.46. The summed E-state index contributed by atoms with van der Waals surface area (Å²) in [5.74, 6) is -0.288. The van der Waals surface area contributed by atoms with Crippen molar-refractivity contribution in [3.05, 3.63) is 66.0 Å². The van der Waals surface area contributed by atoms with Gasteiger partial charge in [-0.1, -0.05) is 30.3 Å². The van der Waals surface area contributed by atoms with Crippen LogP contribution in [0.4, 0.5) is 14.9 Å². The molecule has 0 saturated carbocycles. The minimum atomic E-state index is -0.353. The molecule has 3 amide bonds. The quantitative estimate of drug-likeness (QED) is 0.898. The Kier molecular flexibility index (Phi) is 5.28. The summed E-state index contributed by atoms with van der Waals surface area (Å²) in [5.41, 5.74) is 1.51. The van der Waals surface area contributed by atoms with E-state index in [0.717, 1.165) is 12.0 Å². The lowest BCUT2D eigenvalue weighted by Crippen LogP contribution is -2.40. The molecule has 6 heteroatoms. The first kappa shape index (κ1) is 17.0. The summed E-state index contributed by atoms with van der Waals surface area (Å²) in [6.45, 7) is 1.13. The monoisotopic (exact) mass is 341 g/mol. The molecule has 3 rings (SSSR count). The molecule has 1 fully saturated rings. The molecule has 130 valence electrons. The molecule has 1 unspecified atom stereocenters. The molecule has 0 aromatic heterocycles. The average molecular weight is 341 g/mol. The number of hydrogen-bond donors (Lipinski definition) is 2. The van der Waals surface area contributed by atoms with Gasteiger partial charge in [-0.05, 0) is 36.2 Å². The van der Waals surface area contributed by atoms with Crippen LogP contribution < -0.4 is 10.6 Å². The average Bonchev–Trinajstić information content (AvgIpc) is 3.06. The van der Waals surface area contributed by atoms with E-state index in [1.54, 1.807) is 4.90 Å². The molecular weight excluding hydrogens is 321 g/mol. The molecule has 0 bridgehead atoms. The van der Waals surface area contributed by atoms with Crippen molar-refractivity contribution in [2.24, 2.45) is 0 Å². The minimum Gasteiger partial charge on any atom is -0.340 e. The standard InChI is InChI=1S/C19H20FN3O2/c20-15-6-8-16(9-7-15)21-19(25)22-17-10-11-23(13-17)18(24)12-14-4-2-1-3-5-14/h1-9,17H,10-13H2,(H2,21,22,25). The van der Waals surface area contributed by atoms with Gasteiger partial charge in [0.25, 0.3) is 0 Å². The predicted octanol–water partition coefficient (Wildman–Crippen LogP) is 2.79. The number of nitrogens with one attached hydrogen (secondary N) is 2. The number of rotatable bonds is 4. The van der Waals surface area contributed by atoms with Gasteiger partial charge in [-0.2, -0.15) is 0 Å². The first-order valence-corrected chi connectivity index (χ1v) is 8.25. The predicted molar refractivity (Wildman–Crippen MR) is 93.7 cm³/mol. The van der Waals surface area contributed by atoms with Gasteiger partial charge in [-0.15, -0.1) is 0 Å². The largest absolute Gasteiger partial charge is 0.340 e. The van der Waals surface area contributed by atoms with Crippen LogP contribution in [0.5, 0.6) is 0 Å². The smallest absolute Gasteiger partial charge is 0.319 e. The molecule has 1 aliphatic heterocycles. The number of amides is 3. The second kappa shape index (κ2) is 7.79. The number of likely N-dealkylation sites (tertiary alicyclic amines) is 1. The Morgan fingerprint density at radius 1 is 1.08 bits per heavy atom. The zero-order valence-corrected chi connectivity index (χ0v) is 13.7. The second-order valence-corrected chi connectivity index (χ2v) is 6.09. The third-order valence-corrected chi connectivity index (χ3v) is 4.18. The first-order valence-electron chi connectivity index (χ1n) is 8.25. The molecule has 25 heavy (non-hydrogen) atoms. The maximum atomic E-state index is 12.9. The number of anilines is 1. The summed E-state index contributed by atoms with van der Waals surface area (Å²) in [5, 5.41) is 5.51. The van der Waals surface area contributed by atoms with E-state index in [1.165, 1.54) is 24.3 Å². The Hall–Kier alpha value is -2.89. The van der Waals surface area contributed by atoms with Crippen molar-refractivity contribution in [1.29, 1.82) is 0 Å². The van der Waals surface area contributed by atoms with Gasteiger partial charge in [0, 0.05) is 24.8 Å². The van der Waals surface area contributed by atoms with Gasteiger partial charge >= 0.3 is 6.03 Å². The van der Waals surface area contributed by atoms with Crippen LogP contribution in [-0.4, -0.2) is 36.0 Å². The van der Waals surface area contributed by atoms with Crippen LogP contribution >= 0.6 is 0 Å². The van der Waals surface area contributed by atoms with Gasteiger partial charge in [0.15, 0.2) is 0 Å². The Bertz CT molecular complexity index is 734. The fourth-order valence-corrected chi connectivity index (χ4v) is 2.87.